The summed E-state index contributed by atoms with van der Waals surface area (Å²) in [7, 11) is 0. The van der Waals surface area contributed by atoms with Crippen molar-refractivity contribution in [1.29, 1.82) is 0 Å². The molecule has 2 aromatic rings. The predicted molar refractivity (Wildman–Crippen MR) is 124 cm³/mol. The van der Waals surface area contributed by atoms with E-state index >= 15 is 0 Å². The number of hydrogen-bond acceptors (Lipinski definition) is 4. The van der Waals surface area contributed by atoms with Crippen molar-refractivity contribution in [3.63, 3.8) is 0 Å². The van der Waals surface area contributed by atoms with E-state index in [9.17, 15) is 9.90 Å². The first-order valence-electron chi connectivity index (χ1n) is 12.2. The molecule has 170 valence electrons. The highest BCUT2D eigenvalue weighted by Gasteiger charge is 2.53. The number of aromatic nitrogens is 1. The van der Waals surface area contributed by atoms with Gasteiger partial charge < -0.3 is 15.2 Å². The lowest BCUT2D eigenvalue weighted by Crippen LogP contribution is -2.41. The van der Waals surface area contributed by atoms with Crippen LogP contribution in [0.1, 0.15) is 67.1 Å². The van der Waals surface area contributed by atoms with Gasteiger partial charge in [-0.1, -0.05) is 13.0 Å². The summed E-state index contributed by atoms with van der Waals surface area (Å²) in [4.78, 5) is 17.4. The van der Waals surface area contributed by atoms with Crippen LogP contribution in [-0.4, -0.2) is 34.2 Å². The monoisotopic (exact) mass is 434 g/mol. The molecule has 3 aliphatic carbocycles. The zero-order valence-corrected chi connectivity index (χ0v) is 18.9. The van der Waals surface area contributed by atoms with E-state index in [0.717, 1.165) is 56.4 Å². The van der Waals surface area contributed by atoms with Gasteiger partial charge in [0.25, 0.3) is 5.91 Å². The molecule has 3 fully saturated rings. The maximum absolute atomic E-state index is 12.9. The minimum absolute atomic E-state index is 0.0185. The van der Waals surface area contributed by atoms with E-state index in [2.05, 4.69) is 29.4 Å². The van der Waals surface area contributed by atoms with Gasteiger partial charge in [-0.15, -0.1) is 0 Å². The Hall–Kier alpha value is -2.40. The van der Waals surface area contributed by atoms with E-state index in [1.54, 1.807) is 0 Å². The molecule has 32 heavy (non-hydrogen) atoms. The second-order valence-corrected chi connectivity index (χ2v) is 10.2. The number of hydrogen-bond donors (Lipinski definition) is 2. The van der Waals surface area contributed by atoms with Gasteiger partial charge in [0.2, 0.25) is 0 Å². The van der Waals surface area contributed by atoms with Crippen LogP contribution < -0.4 is 10.1 Å². The Balaban J connectivity index is 1.14. The number of nitrogens with one attached hydrogen (secondary N) is 1. The molecular weight excluding hydrogens is 400 g/mol. The highest BCUT2D eigenvalue weighted by Crippen LogP contribution is 2.55. The lowest BCUT2D eigenvalue weighted by molar-refractivity contribution is -0.00594. The number of aryl methyl sites for hydroxylation is 1. The quantitative estimate of drug-likeness (QED) is 0.681. The largest absolute Gasteiger partial charge is 0.493 e. The molecular formula is C27H34N2O3. The predicted octanol–water partition coefficient (Wildman–Crippen LogP) is 4.33. The number of aliphatic hydroxyl groups is 1. The summed E-state index contributed by atoms with van der Waals surface area (Å²) in [5.74, 6) is 2.35. The normalized spacial score (nSPS) is 30.7. The van der Waals surface area contributed by atoms with Crippen molar-refractivity contribution in [2.45, 2.75) is 69.9 Å². The molecule has 2 N–H and O–H groups in total. The Kier molecular flexibility index (Phi) is 5.93. The molecule has 0 spiro atoms. The van der Waals surface area contributed by atoms with E-state index in [1.807, 2.05) is 30.5 Å². The number of benzene rings is 1. The summed E-state index contributed by atoms with van der Waals surface area (Å²) in [5, 5.41) is 14.2. The zero-order valence-electron chi connectivity index (χ0n) is 18.9. The number of pyridine rings is 1. The van der Waals surface area contributed by atoms with Gasteiger partial charge >= 0.3 is 0 Å². The first-order chi connectivity index (χ1) is 15.5. The van der Waals surface area contributed by atoms with Crippen LogP contribution in [0, 0.1) is 17.8 Å². The molecule has 5 heteroatoms. The number of fused-ring (bicyclic) bond motifs is 2. The van der Waals surface area contributed by atoms with Crippen LogP contribution in [0.25, 0.3) is 0 Å². The fourth-order valence-electron chi connectivity index (χ4n) is 6.34. The minimum atomic E-state index is -0.478. The Bertz CT molecular complexity index is 942. The van der Waals surface area contributed by atoms with Gasteiger partial charge in [0, 0.05) is 29.9 Å². The fourth-order valence-corrected chi connectivity index (χ4v) is 6.34. The molecule has 5 unspecified atom stereocenters. The Morgan fingerprint density at radius 2 is 2.00 bits per heavy atom. The fraction of sp³-hybridized carbons (Fsp3) is 0.556. The molecule has 5 nitrogen and oxygen atoms in total. The topological polar surface area (TPSA) is 71.5 Å². The van der Waals surface area contributed by atoms with E-state index in [4.69, 9.17) is 4.74 Å². The van der Waals surface area contributed by atoms with E-state index in [0.29, 0.717) is 29.9 Å². The number of ether oxygens (including phenoxy) is 1. The number of carbonyl (C=O) groups is 1. The van der Waals surface area contributed by atoms with E-state index < -0.39 is 5.60 Å². The van der Waals surface area contributed by atoms with Crippen molar-refractivity contribution in [2.24, 2.45) is 17.8 Å². The number of amides is 1. The third-order valence-corrected chi connectivity index (χ3v) is 7.92. The molecule has 3 aliphatic rings. The Labute approximate surface area is 190 Å². The number of rotatable bonds is 7. The number of carbonyl (C=O) groups excluding carboxylic acids is 1. The van der Waals surface area contributed by atoms with Crippen molar-refractivity contribution in [3.8, 4) is 5.75 Å². The van der Waals surface area contributed by atoms with Gasteiger partial charge in [0.05, 0.1) is 12.2 Å². The van der Waals surface area contributed by atoms with Crippen LogP contribution >= 0.6 is 0 Å². The van der Waals surface area contributed by atoms with E-state index in [1.165, 1.54) is 12.0 Å². The Morgan fingerprint density at radius 1 is 1.16 bits per heavy atom. The maximum atomic E-state index is 12.9. The third-order valence-electron chi connectivity index (χ3n) is 7.92. The third kappa shape index (κ3) is 4.54. The standard InChI is InChI=1S/C27H34N2O3/c1-2-18-3-7-22(28-17-18)11-12-32-23-8-5-20(6-9-23)26(30)29-25-10-4-19-13-21-15-27(31,14-19)16-24(21)25/h3,5-9,17,19,21,24-25,31H,2,4,10-16H2,1H3,(H,29,30). The van der Waals surface area contributed by atoms with Crippen molar-refractivity contribution in [1.82, 2.24) is 10.3 Å². The molecule has 1 aromatic carbocycles. The summed E-state index contributed by atoms with van der Waals surface area (Å²) in [6, 6.07) is 11.8. The van der Waals surface area contributed by atoms with Crippen LogP contribution in [0.2, 0.25) is 0 Å². The van der Waals surface area contributed by atoms with Crippen LogP contribution in [0.4, 0.5) is 0 Å². The molecule has 1 amide bonds. The van der Waals surface area contributed by atoms with Gasteiger partial charge in [-0.05, 0) is 98.6 Å². The van der Waals surface area contributed by atoms with Gasteiger partial charge in [0.15, 0.2) is 0 Å². The molecule has 1 heterocycles. The first kappa shape index (κ1) is 21.4. The van der Waals surface area contributed by atoms with Crippen molar-refractivity contribution in [2.75, 3.05) is 6.61 Å². The lowest BCUT2D eigenvalue weighted by Gasteiger charge is -2.33. The maximum Gasteiger partial charge on any atom is 0.251 e. The smallest absolute Gasteiger partial charge is 0.251 e. The molecule has 1 aromatic heterocycles. The summed E-state index contributed by atoms with van der Waals surface area (Å²) in [6.45, 7) is 2.68. The van der Waals surface area contributed by atoms with Crippen LogP contribution in [0.15, 0.2) is 42.6 Å². The molecule has 5 atom stereocenters. The SMILES string of the molecule is CCc1ccc(CCOc2ccc(C(=O)NC3CCC4CC5CC(O)(C4)CC53)cc2)nc1. The molecule has 0 saturated heterocycles. The molecule has 0 radical (unpaired) electrons. The molecule has 3 bridgehead atoms. The second-order valence-electron chi connectivity index (χ2n) is 10.2. The molecule has 5 rings (SSSR count). The van der Waals surface area contributed by atoms with Crippen molar-refractivity contribution in [3.05, 3.63) is 59.4 Å². The first-order valence-corrected chi connectivity index (χ1v) is 12.2. The second kappa shape index (κ2) is 8.86. The summed E-state index contributed by atoms with van der Waals surface area (Å²) >= 11 is 0. The molecule has 3 saturated carbocycles. The van der Waals surface area contributed by atoms with Gasteiger partial charge in [-0.25, -0.2) is 0 Å². The van der Waals surface area contributed by atoms with Crippen LogP contribution in [0.5, 0.6) is 5.75 Å². The van der Waals surface area contributed by atoms with Crippen LogP contribution in [0.3, 0.4) is 0 Å². The summed E-state index contributed by atoms with van der Waals surface area (Å²) in [5.41, 5.74) is 2.45. The van der Waals surface area contributed by atoms with Gasteiger partial charge in [-0.2, -0.15) is 0 Å². The van der Waals surface area contributed by atoms with Crippen LogP contribution in [-0.2, 0) is 12.8 Å². The lowest BCUT2D eigenvalue weighted by atomic mass is 9.77. The Morgan fingerprint density at radius 3 is 2.75 bits per heavy atom. The highest BCUT2D eigenvalue weighted by molar-refractivity contribution is 5.94. The van der Waals surface area contributed by atoms with Crippen molar-refractivity contribution < 1.29 is 14.6 Å². The molecule has 0 aliphatic heterocycles. The summed E-state index contributed by atoms with van der Waals surface area (Å²) in [6.07, 6.45) is 9.77. The minimum Gasteiger partial charge on any atom is -0.493 e. The average molecular weight is 435 g/mol. The highest BCUT2D eigenvalue weighted by atomic mass is 16.5. The number of nitrogens with zero attached hydrogens (tertiary/aromatic N) is 1. The van der Waals surface area contributed by atoms with E-state index in [-0.39, 0.29) is 11.9 Å². The zero-order chi connectivity index (χ0) is 22.1. The van der Waals surface area contributed by atoms with Gasteiger partial charge in [-0.3, -0.25) is 9.78 Å². The van der Waals surface area contributed by atoms with Gasteiger partial charge in [0.1, 0.15) is 5.75 Å². The summed E-state index contributed by atoms with van der Waals surface area (Å²) < 4.78 is 5.85. The van der Waals surface area contributed by atoms with Crippen molar-refractivity contribution >= 4 is 5.91 Å². The average Bonchev–Trinajstić information content (AvgIpc) is 2.98.